The Hall–Kier alpha value is -0.620. The number of carboxylic acids is 1. The third-order valence-electron chi connectivity index (χ3n) is 3.29. The molecule has 1 N–H and O–H groups in total. The Morgan fingerprint density at radius 2 is 2.16 bits per heavy atom. The van der Waals surface area contributed by atoms with Gasteiger partial charge in [-0.3, -0.25) is 9.59 Å². The average Bonchev–Trinajstić information content (AvgIpc) is 3.04. The Balaban J connectivity index is 0.00000133. The molecule has 19 heavy (non-hydrogen) atoms. The van der Waals surface area contributed by atoms with Crippen molar-refractivity contribution in [2.45, 2.75) is 18.9 Å². The summed E-state index contributed by atoms with van der Waals surface area (Å²) in [5, 5.41) is 11.0. The van der Waals surface area contributed by atoms with Crippen molar-refractivity contribution in [2.24, 2.45) is 0 Å². The Bertz CT molecular complexity index is 627. The summed E-state index contributed by atoms with van der Waals surface area (Å²) in [6, 6.07) is 7.11. The summed E-state index contributed by atoms with van der Waals surface area (Å²) in [5.41, 5.74) is 1.33. The van der Waals surface area contributed by atoms with Crippen molar-refractivity contribution in [3.05, 3.63) is 45.9 Å². The van der Waals surface area contributed by atoms with Crippen LogP contribution in [0.25, 0.3) is 0 Å². The number of carboxylic acid groups (broad SMARTS) is 1. The molecule has 6 heteroatoms. The van der Waals surface area contributed by atoms with Gasteiger partial charge in [0.2, 0.25) is 5.78 Å². The zero-order valence-corrected chi connectivity index (χ0v) is 13.2. The molecule has 0 spiro atoms. The van der Waals surface area contributed by atoms with Crippen LogP contribution in [0.2, 0.25) is 0 Å². The van der Waals surface area contributed by atoms with Crippen LogP contribution in [0.1, 0.15) is 36.3 Å². The van der Waals surface area contributed by atoms with E-state index in [2.05, 4.69) is 0 Å². The molecule has 3 heterocycles. The molecule has 96 valence electrons. The van der Waals surface area contributed by atoms with Crippen LogP contribution in [0.4, 0.5) is 0 Å². The molecule has 0 fully saturated rings. The monoisotopic (exact) mass is 303 g/mol. The van der Waals surface area contributed by atoms with Gasteiger partial charge in [-0.25, -0.2) is 0 Å². The van der Waals surface area contributed by atoms with E-state index >= 15 is 0 Å². The van der Waals surface area contributed by atoms with E-state index in [9.17, 15) is 9.59 Å². The maximum absolute atomic E-state index is 12.2. The molecule has 1 aliphatic heterocycles. The van der Waals surface area contributed by atoms with Crippen LogP contribution in [-0.4, -0.2) is 59.2 Å². The zero-order chi connectivity index (χ0) is 12.7. The average molecular weight is 303 g/mol. The first-order valence-electron chi connectivity index (χ1n) is 5.69. The molecule has 0 aliphatic carbocycles. The fraction of sp³-hybridized carbons (Fsp3) is 0.231. The molecule has 3 rings (SSSR count). The van der Waals surface area contributed by atoms with Crippen LogP contribution in [0, 0.1) is 0 Å². The maximum atomic E-state index is 12.2. The minimum absolute atomic E-state index is 0. The van der Waals surface area contributed by atoms with Gasteiger partial charge in [-0.15, -0.1) is 11.3 Å². The minimum atomic E-state index is -0.818. The van der Waals surface area contributed by atoms with Gasteiger partial charge in [0.25, 0.3) is 0 Å². The van der Waals surface area contributed by atoms with Crippen LogP contribution < -0.4 is 0 Å². The third-order valence-corrected chi connectivity index (χ3v) is 4.16. The molecule has 0 aromatic carbocycles. The van der Waals surface area contributed by atoms with Gasteiger partial charge >= 0.3 is 43.7 Å². The summed E-state index contributed by atoms with van der Waals surface area (Å²) in [4.78, 5) is 24.0. The van der Waals surface area contributed by atoms with E-state index in [-0.39, 0.29) is 46.4 Å². The van der Waals surface area contributed by atoms with Crippen molar-refractivity contribution < 1.29 is 17.5 Å². The van der Waals surface area contributed by atoms with E-state index in [1.807, 2.05) is 16.0 Å². The number of carbonyl (C=O) groups excluding carboxylic acids is 1. The van der Waals surface area contributed by atoms with Gasteiger partial charge in [0, 0.05) is 12.2 Å². The third kappa shape index (κ3) is 2.52. The number of nitrogens with zero attached hydrogens (tertiary/aromatic N) is 1. The molecule has 0 bridgehead atoms. The second-order valence-corrected chi connectivity index (χ2v) is 5.23. The van der Waals surface area contributed by atoms with E-state index in [4.69, 9.17) is 5.11 Å². The van der Waals surface area contributed by atoms with E-state index in [0.29, 0.717) is 23.5 Å². The summed E-state index contributed by atoms with van der Waals surface area (Å²) in [7, 11) is 0. The van der Waals surface area contributed by atoms with Crippen molar-refractivity contribution in [3.8, 4) is 0 Å². The number of rotatable bonds is 3. The number of hydrogen-bond acceptors (Lipinski definition) is 3. The van der Waals surface area contributed by atoms with Gasteiger partial charge in [-0.05, 0) is 30.0 Å². The molecular formula is C13H13CaNO3S. The van der Waals surface area contributed by atoms with Gasteiger partial charge in [-0.1, -0.05) is 6.07 Å². The number of thiophene rings is 1. The normalized spacial score (nSPS) is 16.7. The number of carbonyl (C=O) groups is 2. The van der Waals surface area contributed by atoms with Gasteiger partial charge in [0.15, 0.2) is 0 Å². The van der Waals surface area contributed by atoms with Crippen molar-refractivity contribution in [3.63, 3.8) is 0 Å². The molecule has 2 aromatic heterocycles. The molecule has 0 amide bonds. The standard InChI is InChI=1S/C13H11NO3S.Ca.2H/c15-12(11-2-1-7-18-11)10-4-3-9-8(13(16)17)5-6-14(9)10;;;/h1-4,7-8H,5-6H2,(H,16,17);;;/q;+2;2*-1. The largest absolute Gasteiger partial charge is 2.00 e. The molecule has 1 aliphatic rings. The number of ketones is 1. The first kappa shape index (κ1) is 14.8. The van der Waals surface area contributed by atoms with Crippen molar-refractivity contribution in [1.29, 1.82) is 0 Å². The first-order valence-corrected chi connectivity index (χ1v) is 6.57. The topological polar surface area (TPSA) is 59.3 Å². The van der Waals surface area contributed by atoms with Crippen molar-refractivity contribution in [1.82, 2.24) is 4.57 Å². The molecule has 2 aromatic rings. The summed E-state index contributed by atoms with van der Waals surface area (Å²) in [5.74, 6) is -1.32. The molecule has 1 unspecified atom stereocenters. The number of fused-ring (bicyclic) bond motifs is 1. The number of hydrogen-bond donors (Lipinski definition) is 1. The quantitative estimate of drug-likeness (QED) is 0.698. The van der Waals surface area contributed by atoms with E-state index < -0.39 is 11.9 Å². The Kier molecular flexibility index (Phi) is 4.50. The fourth-order valence-electron chi connectivity index (χ4n) is 2.43. The summed E-state index contributed by atoms with van der Waals surface area (Å²) >= 11 is 1.40. The first-order chi connectivity index (χ1) is 8.68. The van der Waals surface area contributed by atoms with Gasteiger partial charge in [0.1, 0.15) is 0 Å². The summed E-state index contributed by atoms with van der Waals surface area (Å²) < 4.78 is 1.83. The molecule has 4 nitrogen and oxygen atoms in total. The zero-order valence-electron chi connectivity index (χ0n) is 12.2. The predicted molar refractivity (Wildman–Crippen MR) is 75.2 cm³/mol. The Morgan fingerprint density at radius 3 is 2.79 bits per heavy atom. The van der Waals surface area contributed by atoms with Crippen molar-refractivity contribution >= 4 is 60.8 Å². The van der Waals surface area contributed by atoms with E-state index in [1.165, 1.54) is 11.3 Å². The second-order valence-electron chi connectivity index (χ2n) is 4.28. The SMILES string of the molecule is O=C(c1cccs1)c1ccc2n1CCC2C(=O)O.[Ca+2].[H-].[H-]. The molecular weight excluding hydrogens is 290 g/mol. The molecule has 1 atom stereocenters. The Labute approximate surface area is 147 Å². The maximum Gasteiger partial charge on any atom is 2.00 e. The molecule has 0 saturated carbocycles. The van der Waals surface area contributed by atoms with Crippen LogP contribution in [-0.2, 0) is 11.3 Å². The molecule has 0 radical (unpaired) electrons. The summed E-state index contributed by atoms with van der Waals surface area (Å²) in [6.45, 7) is 0.603. The fourth-order valence-corrected chi connectivity index (χ4v) is 3.10. The second kappa shape index (κ2) is 5.79. The van der Waals surface area contributed by atoms with Gasteiger partial charge < -0.3 is 12.5 Å². The van der Waals surface area contributed by atoms with Gasteiger partial charge in [0.05, 0.1) is 16.5 Å². The van der Waals surface area contributed by atoms with Crippen LogP contribution in [0.3, 0.4) is 0 Å². The summed E-state index contributed by atoms with van der Waals surface area (Å²) in [6.07, 6.45) is 0.566. The number of aromatic nitrogens is 1. The van der Waals surface area contributed by atoms with Crippen LogP contribution >= 0.6 is 11.3 Å². The van der Waals surface area contributed by atoms with Crippen LogP contribution in [0.5, 0.6) is 0 Å². The minimum Gasteiger partial charge on any atom is -1.00 e. The smallest absolute Gasteiger partial charge is 1.00 e. The van der Waals surface area contributed by atoms with Crippen LogP contribution in [0.15, 0.2) is 29.6 Å². The van der Waals surface area contributed by atoms with E-state index in [1.54, 1.807) is 18.2 Å². The number of aliphatic carboxylic acids is 1. The predicted octanol–water partition coefficient (Wildman–Crippen LogP) is 2.20. The van der Waals surface area contributed by atoms with Gasteiger partial charge in [-0.2, -0.15) is 0 Å². The van der Waals surface area contributed by atoms with Crippen molar-refractivity contribution in [2.75, 3.05) is 0 Å². The van der Waals surface area contributed by atoms with E-state index in [0.717, 1.165) is 5.69 Å². The Morgan fingerprint density at radius 1 is 1.37 bits per heavy atom. The molecule has 0 saturated heterocycles.